The van der Waals surface area contributed by atoms with Crippen molar-refractivity contribution >= 4 is 40.0 Å². The summed E-state index contributed by atoms with van der Waals surface area (Å²) >= 11 is 0. The highest BCUT2D eigenvalue weighted by atomic mass is 19.2. The number of benzene rings is 2. The number of rotatable bonds is 9. The van der Waals surface area contributed by atoms with Gasteiger partial charge >= 0.3 is 0 Å². The van der Waals surface area contributed by atoms with Gasteiger partial charge in [0.15, 0.2) is 11.6 Å². The van der Waals surface area contributed by atoms with Crippen LogP contribution >= 0.6 is 0 Å². The number of hydrogen-bond donors (Lipinski definition) is 2. The number of piperazine rings is 1. The number of nitrogens with one attached hydrogen (secondary N) is 2. The van der Waals surface area contributed by atoms with Crippen molar-refractivity contribution in [3.63, 3.8) is 0 Å². The summed E-state index contributed by atoms with van der Waals surface area (Å²) in [4.78, 5) is 37.4. The Morgan fingerprint density at radius 3 is 2.64 bits per heavy atom. The van der Waals surface area contributed by atoms with E-state index in [2.05, 4.69) is 32.1 Å². The summed E-state index contributed by atoms with van der Waals surface area (Å²) in [6, 6.07) is 11.4. The van der Waals surface area contributed by atoms with E-state index in [1.165, 1.54) is 22.9 Å². The number of methoxy groups -OCH3 is 1. The van der Waals surface area contributed by atoms with Gasteiger partial charge in [0.2, 0.25) is 11.9 Å². The van der Waals surface area contributed by atoms with Crippen molar-refractivity contribution in [3.05, 3.63) is 83.3 Å². The third kappa shape index (κ3) is 5.99. The number of ether oxygens (including phenoxy) is 1. The molecular formula is C30H31F2N7O3. The van der Waals surface area contributed by atoms with Crippen LogP contribution in [0, 0.1) is 11.6 Å². The number of aromatic nitrogens is 3. The van der Waals surface area contributed by atoms with Crippen LogP contribution in [0.4, 0.5) is 31.8 Å². The number of pyridine rings is 1. The van der Waals surface area contributed by atoms with E-state index in [0.29, 0.717) is 47.5 Å². The van der Waals surface area contributed by atoms with Gasteiger partial charge in [-0.05, 0) is 35.9 Å². The number of anilines is 4. The zero-order valence-electron chi connectivity index (χ0n) is 23.4. The quantitative estimate of drug-likeness (QED) is 0.290. The van der Waals surface area contributed by atoms with Crippen molar-refractivity contribution in [1.82, 2.24) is 19.4 Å². The zero-order chi connectivity index (χ0) is 29.8. The molecule has 1 aliphatic heterocycles. The molecule has 0 saturated carbocycles. The summed E-state index contributed by atoms with van der Waals surface area (Å²) in [6.45, 7) is 7.47. The number of halogens is 2. The molecule has 2 aromatic carbocycles. The minimum absolute atomic E-state index is 0.0244. The monoisotopic (exact) mass is 575 g/mol. The molecule has 1 aliphatic rings. The first-order valence-electron chi connectivity index (χ1n) is 13.4. The average molecular weight is 576 g/mol. The summed E-state index contributed by atoms with van der Waals surface area (Å²) in [7, 11) is 3.25. The molecule has 1 saturated heterocycles. The molecule has 2 N–H and O–H groups in total. The first-order valence-corrected chi connectivity index (χ1v) is 13.4. The molecule has 0 spiro atoms. The third-order valence-electron chi connectivity index (χ3n) is 7.24. The highest BCUT2D eigenvalue weighted by molar-refractivity contribution is 6.00. The van der Waals surface area contributed by atoms with Gasteiger partial charge in [0.05, 0.1) is 29.7 Å². The number of amides is 1. The largest absolute Gasteiger partial charge is 0.383 e. The Labute approximate surface area is 241 Å². The summed E-state index contributed by atoms with van der Waals surface area (Å²) in [5.74, 6) is -2.34. The molecule has 42 heavy (non-hydrogen) atoms. The molecule has 10 nitrogen and oxygen atoms in total. The van der Waals surface area contributed by atoms with Gasteiger partial charge in [-0.1, -0.05) is 18.7 Å². The topological polar surface area (TPSA) is 105 Å². The summed E-state index contributed by atoms with van der Waals surface area (Å²) in [5, 5.41) is 5.49. The van der Waals surface area contributed by atoms with Crippen LogP contribution in [0.5, 0.6) is 0 Å². The molecule has 1 amide bonds. The Morgan fingerprint density at radius 1 is 1.12 bits per heavy atom. The van der Waals surface area contributed by atoms with Crippen LogP contribution < -0.4 is 21.1 Å². The molecule has 0 atom stereocenters. The van der Waals surface area contributed by atoms with Gasteiger partial charge in [-0.15, -0.1) is 0 Å². The predicted molar refractivity (Wildman–Crippen MR) is 159 cm³/mol. The summed E-state index contributed by atoms with van der Waals surface area (Å²) in [6.07, 6.45) is 2.61. The van der Waals surface area contributed by atoms with E-state index >= 15 is 8.78 Å². The van der Waals surface area contributed by atoms with Crippen molar-refractivity contribution in [2.75, 3.05) is 62.0 Å². The van der Waals surface area contributed by atoms with E-state index in [-0.39, 0.29) is 28.8 Å². The second kappa shape index (κ2) is 12.5. The van der Waals surface area contributed by atoms with Gasteiger partial charge < -0.3 is 24.8 Å². The van der Waals surface area contributed by atoms with Crippen LogP contribution in [0.15, 0.2) is 66.1 Å². The van der Waals surface area contributed by atoms with Crippen LogP contribution in [0.25, 0.3) is 22.2 Å². The predicted octanol–water partition coefficient (Wildman–Crippen LogP) is 3.91. The number of nitrogens with zero attached hydrogens (tertiary/aromatic N) is 5. The van der Waals surface area contributed by atoms with Crippen molar-refractivity contribution in [2.24, 2.45) is 7.05 Å². The minimum Gasteiger partial charge on any atom is -0.383 e. The molecule has 0 bridgehead atoms. The molecule has 1 fully saturated rings. The van der Waals surface area contributed by atoms with Crippen molar-refractivity contribution in [1.29, 1.82) is 0 Å². The second-order valence-corrected chi connectivity index (χ2v) is 9.86. The molecule has 4 aromatic rings. The maximum atomic E-state index is 15.3. The van der Waals surface area contributed by atoms with Crippen molar-refractivity contribution in [2.45, 2.75) is 0 Å². The Bertz CT molecular complexity index is 1700. The number of hydrogen-bond acceptors (Lipinski definition) is 8. The number of aryl methyl sites for hydroxylation is 1. The van der Waals surface area contributed by atoms with E-state index in [4.69, 9.17) is 4.74 Å². The lowest BCUT2D eigenvalue weighted by Gasteiger charge is -2.36. The first-order chi connectivity index (χ1) is 20.3. The Morgan fingerprint density at radius 2 is 1.90 bits per heavy atom. The second-order valence-electron chi connectivity index (χ2n) is 9.86. The highest BCUT2D eigenvalue weighted by Crippen LogP contribution is 2.31. The highest BCUT2D eigenvalue weighted by Gasteiger charge is 2.23. The number of carbonyl (C=O) groups is 1. The van der Waals surface area contributed by atoms with Gasteiger partial charge in [-0.2, -0.15) is 0 Å². The van der Waals surface area contributed by atoms with Crippen molar-refractivity contribution in [3.8, 4) is 11.1 Å². The standard InChI is InChI=1S/C30H31F2N7O3/c1-4-25(40)34-20-7-5-6-19(16-20)21-17-26(41)37(2)24-18-33-30(36-29(21)24)35-22-8-9-23(28(32)27(22)31)39-12-10-38(11-13-39)14-15-42-3/h4-9,16-18H,1,10-15H2,2-3H3,(H,34,40)(H,33,35,36). The number of carbonyl (C=O) groups excluding carboxylic acids is 1. The molecule has 0 aliphatic carbocycles. The molecule has 5 rings (SSSR count). The van der Waals surface area contributed by atoms with Gasteiger partial charge in [-0.3, -0.25) is 14.5 Å². The fourth-order valence-electron chi connectivity index (χ4n) is 4.90. The molecule has 0 unspecified atom stereocenters. The van der Waals surface area contributed by atoms with Crippen LogP contribution in [-0.2, 0) is 16.6 Å². The summed E-state index contributed by atoms with van der Waals surface area (Å²) in [5.41, 5.74) is 2.26. The molecule has 2 aromatic heterocycles. The minimum atomic E-state index is -1.04. The lowest BCUT2D eigenvalue weighted by Crippen LogP contribution is -2.47. The van der Waals surface area contributed by atoms with Crippen LogP contribution in [-0.4, -0.2) is 71.8 Å². The average Bonchev–Trinajstić information content (AvgIpc) is 3.00. The smallest absolute Gasteiger partial charge is 0.251 e. The Hall–Kier alpha value is -4.68. The molecule has 0 radical (unpaired) electrons. The Balaban J connectivity index is 1.44. The van der Waals surface area contributed by atoms with E-state index in [9.17, 15) is 9.59 Å². The maximum Gasteiger partial charge on any atom is 0.251 e. The van der Waals surface area contributed by atoms with E-state index in [1.54, 1.807) is 44.5 Å². The van der Waals surface area contributed by atoms with Gasteiger partial charge in [0, 0.05) is 64.2 Å². The van der Waals surface area contributed by atoms with Gasteiger partial charge in [0.1, 0.15) is 5.52 Å². The van der Waals surface area contributed by atoms with Crippen LogP contribution in [0.2, 0.25) is 0 Å². The summed E-state index contributed by atoms with van der Waals surface area (Å²) < 4.78 is 37.0. The molecule has 218 valence electrons. The fraction of sp³-hybridized carbons (Fsp3) is 0.267. The SMILES string of the molecule is C=CC(=O)Nc1cccc(-c2cc(=O)n(C)c3cnc(Nc4ccc(N5CCN(CCOC)CC5)c(F)c4F)nc23)c1. The van der Waals surface area contributed by atoms with E-state index in [1.807, 2.05) is 4.90 Å². The lowest BCUT2D eigenvalue weighted by molar-refractivity contribution is -0.111. The van der Waals surface area contributed by atoms with Gasteiger partial charge in [0.25, 0.3) is 5.56 Å². The van der Waals surface area contributed by atoms with E-state index < -0.39 is 11.6 Å². The normalized spacial score (nSPS) is 13.8. The zero-order valence-corrected chi connectivity index (χ0v) is 23.4. The first kappa shape index (κ1) is 28.8. The van der Waals surface area contributed by atoms with Crippen molar-refractivity contribution < 1.29 is 18.3 Å². The van der Waals surface area contributed by atoms with Gasteiger partial charge in [-0.25, -0.2) is 18.7 Å². The lowest BCUT2D eigenvalue weighted by atomic mass is 10.0. The molecule has 3 heterocycles. The van der Waals surface area contributed by atoms with Crippen LogP contribution in [0.1, 0.15) is 0 Å². The maximum absolute atomic E-state index is 15.3. The fourth-order valence-corrected chi connectivity index (χ4v) is 4.90. The van der Waals surface area contributed by atoms with Crippen LogP contribution in [0.3, 0.4) is 0 Å². The Kier molecular flexibility index (Phi) is 8.55. The third-order valence-corrected chi connectivity index (χ3v) is 7.24. The molecule has 12 heteroatoms. The number of fused-ring (bicyclic) bond motifs is 1. The van der Waals surface area contributed by atoms with E-state index in [0.717, 1.165) is 25.7 Å². The molecular weight excluding hydrogens is 544 g/mol.